The fourth-order valence-electron chi connectivity index (χ4n) is 1.89. The van der Waals surface area contributed by atoms with E-state index in [4.69, 9.17) is 0 Å². The summed E-state index contributed by atoms with van der Waals surface area (Å²) in [5, 5.41) is 3.46. The van der Waals surface area contributed by atoms with Crippen LogP contribution in [0.2, 0.25) is 0 Å². The molecule has 0 aromatic carbocycles. The minimum Gasteiger partial charge on any atom is -0.316 e. The zero-order valence-corrected chi connectivity index (χ0v) is 9.80. The highest BCUT2D eigenvalue weighted by Gasteiger charge is 2.12. The van der Waals surface area contributed by atoms with Crippen molar-refractivity contribution in [3.05, 3.63) is 30.1 Å². The topological polar surface area (TPSA) is 24.9 Å². The molecular weight excluding hydrogens is 204 g/mol. The largest absolute Gasteiger partial charge is 0.316 e. The first kappa shape index (κ1) is 11.0. The molecule has 0 aliphatic carbocycles. The average molecular weight is 222 g/mol. The molecule has 1 aliphatic rings. The van der Waals surface area contributed by atoms with Crippen LogP contribution >= 0.6 is 11.8 Å². The molecule has 0 radical (unpaired) electrons. The predicted octanol–water partition coefficient (Wildman–Crippen LogP) is 2.31. The molecule has 1 aromatic rings. The normalized spacial score (nSPS) is 21.5. The minimum atomic E-state index is 0.875. The molecule has 1 saturated heterocycles. The van der Waals surface area contributed by atoms with Crippen molar-refractivity contribution in [1.29, 1.82) is 0 Å². The Morgan fingerprint density at radius 2 is 2.53 bits per heavy atom. The Balaban J connectivity index is 1.66. The Kier molecular flexibility index (Phi) is 4.48. The van der Waals surface area contributed by atoms with Gasteiger partial charge in [-0.05, 0) is 49.2 Å². The smallest absolute Gasteiger partial charge is 0.0308 e. The molecule has 0 bridgehead atoms. The van der Waals surface area contributed by atoms with Crippen molar-refractivity contribution < 1.29 is 0 Å². The Morgan fingerprint density at radius 3 is 3.27 bits per heavy atom. The zero-order chi connectivity index (χ0) is 10.3. The lowest BCUT2D eigenvalue weighted by molar-refractivity contribution is 0.410. The Bertz CT molecular complexity index is 270. The van der Waals surface area contributed by atoms with Crippen molar-refractivity contribution in [2.24, 2.45) is 5.92 Å². The van der Waals surface area contributed by atoms with E-state index in [0.29, 0.717) is 0 Å². The van der Waals surface area contributed by atoms with Gasteiger partial charge < -0.3 is 5.32 Å². The van der Waals surface area contributed by atoms with E-state index in [1.807, 2.05) is 30.2 Å². The van der Waals surface area contributed by atoms with Crippen LogP contribution in [0.5, 0.6) is 0 Å². The number of rotatable bonds is 4. The number of nitrogens with one attached hydrogen (secondary N) is 1. The lowest BCUT2D eigenvalue weighted by Gasteiger charge is -2.22. The van der Waals surface area contributed by atoms with Crippen molar-refractivity contribution in [2.45, 2.75) is 18.6 Å². The highest BCUT2D eigenvalue weighted by molar-refractivity contribution is 7.98. The van der Waals surface area contributed by atoms with Crippen LogP contribution in [-0.2, 0) is 5.75 Å². The van der Waals surface area contributed by atoms with Crippen molar-refractivity contribution in [2.75, 3.05) is 18.8 Å². The summed E-state index contributed by atoms with van der Waals surface area (Å²) in [6, 6.07) is 4.16. The lowest BCUT2D eigenvalue weighted by Crippen LogP contribution is -2.30. The third-order valence-electron chi connectivity index (χ3n) is 2.74. The van der Waals surface area contributed by atoms with Gasteiger partial charge in [-0.1, -0.05) is 6.07 Å². The number of nitrogens with zero attached hydrogens (tertiary/aromatic N) is 1. The van der Waals surface area contributed by atoms with E-state index >= 15 is 0 Å². The van der Waals surface area contributed by atoms with Gasteiger partial charge in [0.05, 0.1) is 0 Å². The van der Waals surface area contributed by atoms with Gasteiger partial charge in [-0.25, -0.2) is 0 Å². The lowest BCUT2D eigenvalue weighted by atomic mass is 10.0. The summed E-state index contributed by atoms with van der Waals surface area (Å²) in [6.07, 6.45) is 6.54. The molecule has 0 amide bonds. The molecule has 3 heteroatoms. The summed E-state index contributed by atoms with van der Waals surface area (Å²) in [4.78, 5) is 4.12. The van der Waals surface area contributed by atoms with Gasteiger partial charge >= 0.3 is 0 Å². The summed E-state index contributed by atoms with van der Waals surface area (Å²) in [7, 11) is 0. The molecule has 15 heavy (non-hydrogen) atoms. The van der Waals surface area contributed by atoms with Crippen molar-refractivity contribution in [1.82, 2.24) is 10.3 Å². The summed E-state index contributed by atoms with van der Waals surface area (Å²) in [6.45, 7) is 2.42. The molecule has 1 aliphatic heterocycles. The van der Waals surface area contributed by atoms with E-state index < -0.39 is 0 Å². The van der Waals surface area contributed by atoms with Gasteiger partial charge in [-0.2, -0.15) is 11.8 Å². The first-order valence-electron chi connectivity index (χ1n) is 5.62. The first-order chi connectivity index (χ1) is 7.45. The van der Waals surface area contributed by atoms with Crippen LogP contribution in [0.4, 0.5) is 0 Å². The fraction of sp³-hybridized carbons (Fsp3) is 0.583. The van der Waals surface area contributed by atoms with Crippen LogP contribution in [0.25, 0.3) is 0 Å². The number of pyridine rings is 1. The molecule has 82 valence electrons. The predicted molar refractivity (Wildman–Crippen MR) is 66.0 cm³/mol. The third-order valence-corrected chi connectivity index (χ3v) is 3.99. The fourth-order valence-corrected chi connectivity index (χ4v) is 3.04. The Morgan fingerprint density at radius 1 is 1.53 bits per heavy atom. The first-order valence-corrected chi connectivity index (χ1v) is 6.78. The summed E-state index contributed by atoms with van der Waals surface area (Å²) < 4.78 is 0. The Labute approximate surface area is 95.9 Å². The second-order valence-corrected chi connectivity index (χ2v) is 5.12. The molecule has 1 fully saturated rings. The second kappa shape index (κ2) is 6.13. The van der Waals surface area contributed by atoms with Gasteiger partial charge in [-0.3, -0.25) is 4.98 Å². The van der Waals surface area contributed by atoms with E-state index in [-0.39, 0.29) is 0 Å². The molecule has 0 spiro atoms. The summed E-state index contributed by atoms with van der Waals surface area (Å²) >= 11 is 2.03. The van der Waals surface area contributed by atoms with Gasteiger partial charge in [0, 0.05) is 18.1 Å². The number of aromatic nitrogens is 1. The maximum absolute atomic E-state index is 4.12. The number of hydrogen-bond donors (Lipinski definition) is 1. The maximum Gasteiger partial charge on any atom is 0.0308 e. The molecule has 2 rings (SSSR count). The maximum atomic E-state index is 4.12. The monoisotopic (exact) mass is 222 g/mol. The highest BCUT2D eigenvalue weighted by atomic mass is 32.2. The SMILES string of the molecule is c1cncc(CSCC2CCCNC2)c1. The molecule has 2 nitrogen and oxygen atoms in total. The van der Waals surface area contributed by atoms with Crippen LogP contribution in [0, 0.1) is 5.92 Å². The average Bonchev–Trinajstić information content (AvgIpc) is 2.32. The van der Waals surface area contributed by atoms with Crippen molar-refractivity contribution in [3.63, 3.8) is 0 Å². The molecule has 1 atom stereocenters. The van der Waals surface area contributed by atoms with Gasteiger partial charge in [0.2, 0.25) is 0 Å². The summed E-state index contributed by atoms with van der Waals surface area (Å²) in [5.41, 5.74) is 1.34. The van der Waals surface area contributed by atoms with E-state index in [9.17, 15) is 0 Å². The van der Waals surface area contributed by atoms with Gasteiger partial charge in [0.25, 0.3) is 0 Å². The van der Waals surface area contributed by atoms with Crippen molar-refractivity contribution in [3.8, 4) is 0 Å². The highest BCUT2D eigenvalue weighted by Crippen LogP contribution is 2.19. The van der Waals surface area contributed by atoms with E-state index in [0.717, 1.165) is 11.7 Å². The van der Waals surface area contributed by atoms with Gasteiger partial charge in [-0.15, -0.1) is 0 Å². The van der Waals surface area contributed by atoms with Crippen LogP contribution in [-0.4, -0.2) is 23.8 Å². The number of piperidine rings is 1. The van der Waals surface area contributed by atoms with Crippen LogP contribution in [0.1, 0.15) is 18.4 Å². The Hall–Kier alpha value is -0.540. The second-order valence-electron chi connectivity index (χ2n) is 4.09. The third kappa shape index (κ3) is 3.84. The minimum absolute atomic E-state index is 0.875. The number of hydrogen-bond acceptors (Lipinski definition) is 3. The van der Waals surface area contributed by atoms with Crippen LogP contribution < -0.4 is 5.32 Å². The molecule has 1 unspecified atom stereocenters. The molecule has 0 saturated carbocycles. The van der Waals surface area contributed by atoms with Crippen LogP contribution in [0.3, 0.4) is 0 Å². The van der Waals surface area contributed by atoms with Gasteiger partial charge in [0.15, 0.2) is 0 Å². The van der Waals surface area contributed by atoms with Crippen LogP contribution in [0.15, 0.2) is 24.5 Å². The molecule has 1 aromatic heterocycles. The van der Waals surface area contributed by atoms with E-state index in [1.165, 1.54) is 37.2 Å². The molecule has 2 heterocycles. The van der Waals surface area contributed by atoms with Gasteiger partial charge in [0.1, 0.15) is 0 Å². The van der Waals surface area contributed by atoms with E-state index in [2.05, 4.69) is 16.4 Å². The van der Waals surface area contributed by atoms with E-state index in [1.54, 1.807) is 0 Å². The molecule has 1 N–H and O–H groups in total. The van der Waals surface area contributed by atoms with Crippen molar-refractivity contribution >= 4 is 11.8 Å². The molecular formula is C12H18N2S. The zero-order valence-electron chi connectivity index (χ0n) is 8.98. The quantitative estimate of drug-likeness (QED) is 0.846. The summed E-state index contributed by atoms with van der Waals surface area (Å²) in [5.74, 6) is 3.26. The number of thioether (sulfide) groups is 1. The standard InChI is InChI=1S/C12H18N2S/c1-3-11(7-13-5-1)9-15-10-12-4-2-6-14-8-12/h1,3,5,7,12,14H,2,4,6,8-10H2.